The topological polar surface area (TPSA) is 34.5 Å². The number of benzene rings is 2. The predicted molar refractivity (Wildman–Crippen MR) is 120 cm³/mol. The maximum Gasteiger partial charge on any atom is 0.262 e. The zero-order chi connectivity index (χ0) is 20.5. The molecule has 0 aliphatic carbocycles. The van der Waals surface area contributed by atoms with E-state index in [0.717, 1.165) is 31.3 Å². The van der Waals surface area contributed by atoms with E-state index in [1.165, 1.54) is 29.4 Å². The van der Waals surface area contributed by atoms with Crippen molar-refractivity contribution in [2.24, 2.45) is 0 Å². The van der Waals surface area contributed by atoms with Crippen molar-refractivity contribution >= 4 is 16.8 Å². The first-order valence-electron chi connectivity index (χ1n) is 10.9. The quantitative estimate of drug-likeness (QED) is 0.593. The average molecular weight is 401 g/mol. The zero-order valence-electron chi connectivity index (χ0n) is 17.5. The molecule has 30 heavy (non-hydrogen) atoms. The van der Waals surface area contributed by atoms with E-state index in [4.69, 9.17) is 4.74 Å². The van der Waals surface area contributed by atoms with Crippen LogP contribution in [0, 0.1) is 0 Å². The van der Waals surface area contributed by atoms with Crippen molar-refractivity contribution in [1.29, 1.82) is 0 Å². The van der Waals surface area contributed by atoms with Crippen LogP contribution in [0.5, 0.6) is 0 Å². The summed E-state index contributed by atoms with van der Waals surface area (Å²) in [4.78, 5) is 15.7. The SMILES string of the molecule is CN1CCCC1Cc1cn(C(=O)c2ccccc2)c2ccc(C3CCC=CO3)cc12. The number of likely N-dealkylation sites (N-methyl/N-ethyl adjacent to an activating group) is 1. The monoisotopic (exact) mass is 400 g/mol. The molecule has 0 amide bonds. The summed E-state index contributed by atoms with van der Waals surface area (Å²) in [7, 11) is 2.21. The first kappa shape index (κ1) is 19.1. The molecule has 2 unspecified atom stereocenters. The summed E-state index contributed by atoms with van der Waals surface area (Å²) >= 11 is 0. The van der Waals surface area contributed by atoms with E-state index < -0.39 is 0 Å². The number of likely N-dealkylation sites (tertiary alicyclic amines) is 1. The second-order valence-corrected chi connectivity index (χ2v) is 8.53. The number of hydrogen-bond acceptors (Lipinski definition) is 3. The molecule has 1 saturated heterocycles. The van der Waals surface area contributed by atoms with E-state index in [1.807, 2.05) is 41.2 Å². The maximum atomic E-state index is 13.3. The van der Waals surface area contributed by atoms with Crippen molar-refractivity contribution in [3.05, 3.63) is 83.8 Å². The van der Waals surface area contributed by atoms with Crippen molar-refractivity contribution in [1.82, 2.24) is 9.47 Å². The Labute approximate surface area is 177 Å². The Morgan fingerprint density at radius 3 is 2.73 bits per heavy atom. The van der Waals surface area contributed by atoms with Crippen LogP contribution < -0.4 is 0 Å². The number of ether oxygens (including phenoxy) is 1. The van der Waals surface area contributed by atoms with Crippen molar-refractivity contribution in [2.75, 3.05) is 13.6 Å². The number of carbonyl (C=O) groups excluding carboxylic acids is 1. The molecule has 0 radical (unpaired) electrons. The lowest BCUT2D eigenvalue weighted by molar-refractivity contribution is 0.0964. The van der Waals surface area contributed by atoms with E-state index in [1.54, 1.807) is 0 Å². The van der Waals surface area contributed by atoms with Gasteiger partial charge in [-0.2, -0.15) is 0 Å². The van der Waals surface area contributed by atoms with Crippen LogP contribution >= 0.6 is 0 Å². The van der Waals surface area contributed by atoms with Gasteiger partial charge in [-0.15, -0.1) is 0 Å². The summed E-state index contributed by atoms with van der Waals surface area (Å²) in [6.07, 6.45) is 11.5. The molecule has 3 aromatic rings. The fourth-order valence-electron chi connectivity index (χ4n) is 4.84. The van der Waals surface area contributed by atoms with Crippen molar-refractivity contribution in [2.45, 2.75) is 44.2 Å². The molecule has 4 nitrogen and oxygen atoms in total. The molecule has 2 aromatic carbocycles. The van der Waals surface area contributed by atoms with Gasteiger partial charge in [-0.05, 0) is 87.2 Å². The van der Waals surface area contributed by atoms with E-state index in [9.17, 15) is 4.79 Å². The molecule has 0 bridgehead atoms. The summed E-state index contributed by atoms with van der Waals surface area (Å²) in [6, 6.07) is 16.5. The Morgan fingerprint density at radius 2 is 2.00 bits per heavy atom. The molecule has 0 saturated carbocycles. The lowest BCUT2D eigenvalue weighted by atomic mass is 9.98. The molecular weight excluding hydrogens is 372 g/mol. The highest BCUT2D eigenvalue weighted by Gasteiger charge is 2.25. The summed E-state index contributed by atoms with van der Waals surface area (Å²) < 4.78 is 7.70. The molecule has 0 spiro atoms. The third kappa shape index (κ3) is 3.56. The smallest absolute Gasteiger partial charge is 0.262 e. The van der Waals surface area contributed by atoms with Crippen LogP contribution in [-0.2, 0) is 11.2 Å². The summed E-state index contributed by atoms with van der Waals surface area (Å²) in [6.45, 7) is 1.15. The number of hydrogen-bond donors (Lipinski definition) is 0. The van der Waals surface area contributed by atoms with Crippen LogP contribution in [0.25, 0.3) is 10.9 Å². The fourth-order valence-corrected chi connectivity index (χ4v) is 4.84. The molecular formula is C26H28N2O2. The normalized spacial score (nSPS) is 21.8. The summed E-state index contributed by atoms with van der Waals surface area (Å²) in [5.74, 6) is 0.0243. The van der Waals surface area contributed by atoms with Crippen LogP contribution in [0.3, 0.4) is 0 Å². The number of nitrogens with zero attached hydrogens (tertiary/aromatic N) is 2. The molecule has 1 fully saturated rings. The molecule has 5 rings (SSSR count). The number of rotatable bonds is 4. The van der Waals surface area contributed by atoms with Crippen LogP contribution in [0.4, 0.5) is 0 Å². The Balaban J connectivity index is 1.58. The molecule has 4 heteroatoms. The Kier molecular flexibility index (Phi) is 5.17. The van der Waals surface area contributed by atoms with Gasteiger partial charge in [-0.3, -0.25) is 9.36 Å². The van der Waals surface area contributed by atoms with E-state index in [-0.39, 0.29) is 12.0 Å². The van der Waals surface area contributed by atoms with Gasteiger partial charge in [0.25, 0.3) is 5.91 Å². The van der Waals surface area contributed by atoms with Crippen molar-refractivity contribution < 1.29 is 9.53 Å². The largest absolute Gasteiger partial charge is 0.494 e. The minimum atomic E-state index is 0.0243. The summed E-state index contributed by atoms with van der Waals surface area (Å²) in [5.41, 5.74) is 4.14. The predicted octanol–water partition coefficient (Wildman–Crippen LogP) is 5.33. The van der Waals surface area contributed by atoms with Gasteiger partial charge in [0.15, 0.2) is 0 Å². The van der Waals surface area contributed by atoms with E-state index in [0.29, 0.717) is 11.6 Å². The van der Waals surface area contributed by atoms with Gasteiger partial charge in [-0.25, -0.2) is 0 Å². The third-order valence-corrected chi connectivity index (χ3v) is 6.58. The Morgan fingerprint density at radius 1 is 1.13 bits per heavy atom. The van der Waals surface area contributed by atoms with Gasteiger partial charge in [0.2, 0.25) is 0 Å². The highest BCUT2D eigenvalue weighted by Crippen LogP contribution is 2.33. The third-order valence-electron chi connectivity index (χ3n) is 6.58. The lowest BCUT2D eigenvalue weighted by Crippen LogP contribution is -2.26. The highest BCUT2D eigenvalue weighted by molar-refractivity contribution is 6.03. The molecule has 1 aromatic heterocycles. The lowest BCUT2D eigenvalue weighted by Gasteiger charge is -2.20. The molecule has 2 atom stereocenters. The van der Waals surface area contributed by atoms with Gasteiger partial charge >= 0.3 is 0 Å². The zero-order valence-corrected chi connectivity index (χ0v) is 17.5. The van der Waals surface area contributed by atoms with E-state index >= 15 is 0 Å². The molecule has 3 heterocycles. The second-order valence-electron chi connectivity index (χ2n) is 8.53. The van der Waals surface area contributed by atoms with Gasteiger partial charge in [-0.1, -0.05) is 24.3 Å². The Hall–Kier alpha value is -2.85. The van der Waals surface area contributed by atoms with Gasteiger partial charge in [0.05, 0.1) is 11.8 Å². The number of carbonyl (C=O) groups is 1. The average Bonchev–Trinajstić information content (AvgIpc) is 3.37. The molecule has 2 aliphatic rings. The van der Waals surface area contributed by atoms with E-state index in [2.05, 4.69) is 42.4 Å². The van der Waals surface area contributed by atoms with Gasteiger partial charge in [0, 0.05) is 23.2 Å². The van der Waals surface area contributed by atoms with Gasteiger partial charge < -0.3 is 9.64 Å². The van der Waals surface area contributed by atoms with Crippen molar-refractivity contribution in [3.8, 4) is 0 Å². The first-order valence-corrected chi connectivity index (χ1v) is 10.9. The highest BCUT2D eigenvalue weighted by atomic mass is 16.5. The van der Waals surface area contributed by atoms with Gasteiger partial charge in [0.1, 0.15) is 6.10 Å². The minimum Gasteiger partial charge on any atom is -0.494 e. The number of aromatic nitrogens is 1. The number of fused-ring (bicyclic) bond motifs is 1. The Bertz CT molecular complexity index is 1080. The maximum absolute atomic E-state index is 13.3. The first-order chi connectivity index (χ1) is 14.7. The van der Waals surface area contributed by atoms with Crippen LogP contribution in [0.15, 0.2) is 67.1 Å². The molecule has 154 valence electrons. The standard InChI is InChI=1S/C26H28N2O2/c1-27-14-7-10-22(27)16-21-18-28(26(29)19-8-3-2-4-9-19)24-13-12-20(17-23(21)24)25-11-5-6-15-30-25/h2-4,6,8-9,12-13,15,17-18,22,25H,5,7,10-11,14,16H2,1H3. The van der Waals surface area contributed by atoms with Crippen LogP contribution in [-0.4, -0.2) is 35.0 Å². The molecule has 2 aliphatic heterocycles. The molecule has 0 N–H and O–H groups in total. The van der Waals surface area contributed by atoms with Crippen LogP contribution in [0.1, 0.15) is 53.3 Å². The number of allylic oxidation sites excluding steroid dienone is 1. The van der Waals surface area contributed by atoms with Crippen molar-refractivity contribution in [3.63, 3.8) is 0 Å². The minimum absolute atomic E-state index is 0.0243. The summed E-state index contributed by atoms with van der Waals surface area (Å²) in [5, 5.41) is 1.18. The second kappa shape index (κ2) is 8.11. The van der Waals surface area contributed by atoms with Crippen LogP contribution in [0.2, 0.25) is 0 Å². The fraction of sp³-hybridized carbons (Fsp3) is 0.346.